The lowest BCUT2D eigenvalue weighted by atomic mass is 10.0. The van der Waals surface area contributed by atoms with Gasteiger partial charge >= 0.3 is 0 Å². The van der Waals surface area contributed by atoms with Gasteiger partial charge in [-0.3, -0.25) is 0 Å². The molecule has 0 aromatic heterocycles. The van der Waals surface area contributed by atoms with E-state index in [9.17, 15) is 0 Å². The zero-order valence-corrected chi connectivity index (χ0v) is 12.2. The van der Waals surface area contributed by atoms with Gasteiger partial charge in [-0.15, -0.1) is 0 Å². The molecule has 3 nitrogen and oxygen atoms in total. The van der Waals surface area contributed by atoms with Crippen LogP contribution < -0.4 is 14.8 Å². The summed E-state index contributed by atoms with van der Waals surface area (Å²) in [4.78, 5) is 0. The van der Waals surface area contributed by atoms with Crippen molar-refractivity contribution < 1.29 is 9.47 Å². The molecule has 2 aliphatic rings. The van der Waals surface area contributed by atoms with E-state index in [-0.39, 0.29) is 6.04 Å². The van der Waals surface area contributed by atoms with Crippen LogP contribution in [0.3, 0.4) is 0 Å². The Bertz CT molecular complexity index is 681. The normalized spacial score (nSPS) is 16.6. The molecular weight excluding hydrogens is 262 g/mol. The highest BCUT2D eigenvalue weighted by Gasteiger charge is 2.16. The van der Waals surface area contributed by atoms with Crippen molar-refractivity contribution >= 4 is 5.69 Å². The lowest BCUT2D eigenvalue weighted by molar-refractivity contribution is 0.174. The van der Waals surface area contributed by atoms with Crippen molar-refractivity contribution in [3.63, 3.8) is 0 Å². The number of benzene rings is 2. The van der Waals surface area contributed by atoms with Crippen molar-refractivity contribution in [1.29, 1.82) is 0 Å². The first-order valence-electron chi connectivity index (χ1n) is 7.57. The van der Waals surface area contributed by atoms with Gasteiger partial charge in [0.1, 0.15) is 0 Å². The molecule has 108 valence electrons. The fourth-order valence-corrected chi connectivity index (χ4v) is 3.18. The zero-order chi connectivity index (χ0) is 14.2. The predicted octanol–water partition coefficient (Wildman–Crippen LogP) is 4.08. The molecule has 0 spiro atoms. The van der Waals surface area contributed by atoms with Crippen molar-refractivity contribution in [2.45, 2.75) is 32.2 Å². The van der Waals surface area contributed by atoms with E-state index in [0.29, 0.717) is 6.79 Å². The van der Waals surface area contributed by atoms with Crippen LogP contribution in [0.1, 0.15) is 36.1 Å². The maximum absolute atomic E-state index is 5.42. The van der Waals surface area contributed by atoms with E-state index in [1.54, 1.807) is 0 Å². The van der Waals surface area contributed by atoms with Crippen LogP contribution in [0.5, 0.6) is 11.5 Å². The highest BCUT2D eigenvalue weighted by Crippen LogP contribution is 2.35. The van der Waals surface area contributed by atoms with Crippen LogP contribution in [0, 0.1) is 0 Å². The van der Waals surface area contributed by atoms with Gasteiger partial charge in [0.2, 0.25) is 6.79 Å². The summed E-state index contributed by atoms with van der Waals surface area (Å²) >= 11 is 0. The SMILES string of the molecule is CC(Nc1ccc2c(c1)OCO2)c1ccc2c(c1)CCC2. The summed E-state index contributed by atoms with van der Waals surface area (Å²) in [5.74, 6) is 1.65. The van der Waals surface area contributed by atoms with Crippen molar-refractivity contribution in [1.82, 2.24) is 0 Å². The van der Waals surface area contributed by atoms with Crippen LogP contribution in [0.2, 0.25) is 0 Å². The monoisotopic (exact) mass is 281 g/mol. The van der Waals surface area contributed by atoms with Gasteiger partial charge in [-0.25, -0.2) is 0 Å². The fourth-order valence-electron chi connectivity index (χ4n) is 3.18. The third kappa shape index (κ3) is 2.33. The summed E-state index contributed by atoms with van der Waals surface area (Å²) in [5, 5.41) is 3.54. The number of rotatable bonds is 3. The van der Waals surface area contributed by atoms with Crippen molar-refractivity contribution in [3.8, 4) is 11.5 Å². The van der Waals surface area contributed by atoms with E-state index in [1.165, 1.54) is 36.0 Å². The minimum Gasteiger partial charge on any atom is -0.454 e. The number of nitrogens with one attached hydrogen (secondary N) is 1. The third-order valence-electron chi connectivity index (χ3n) is 4.38. The number of anilines is 1. The maximum atomic E-state index is 5.42. The smallest absolute Gasteiger partial charge is 0.231 e. The summed E-state index contributed by atoms with van der Waals surface area (Å²) in [6.07, 6.45) is 3.75. The molecular formula is C18H19NO2. The quantitative estimate of drug-likeness (QED) is 0.919. The lowest BCUT2D eigenvalue weighted by Crippen LogP contribution is -2.07. The van der Waals surface area contributed by atoms with Crippen molar-refractivity contribution in [2.24, 2.45) is 0 Å². The molecule has 0 bridgehead atoms. The third-order valence-corrected chi connectivity index (χ3v) is 4.38. The maximum Gasteiger partial charge on any atom is 0.231 e. The molecule has 1 atom stereocenters. The van der Waals surface area contributed by atoms with E-state index < -0.39 is 0 Å². The Kier molecular flexibility index (Phi) is 2.99. The summed E-state index contributed by atoms with van der Waals surface area (Å²) in [5.41, 5.74) is 5.45. The molecule has 0 amide bonds. The first-order chi connectivity index (χ1) is 10.3. The summed E-state index contributed by atoms with van der Waals surface area (Å²) in [6.45, 7) is 2.51. The number of hydrogen-bond donors (Lipinski definition) is 1. The topological polar surface area (TPSA) is 30.5 Å². The Morgan fingerprint density at radius 1 is 0.952 bits per heavy atom. The first kappa shape index (κ1) is 12.6. The molecule has 1 unspecified atom stereocenters. The molecule has 4 rings (SSSR count). The van der Waals surface area contributed by atoms with Crippen LogP contribution >= 0.6 is 0 Å². The number of ether oxygens (including phenoxy) is 2. The van der Waals surface area contributed by atoms with Gasteiger partial charge in [0.25, 0.3) is 0 Å². The predicted molar refractivity (Wildman–Crippen MR) is 83.1 cm³/mol. The van der Waals surface area contributed by atoms with Crippen molar-refractivity contribution in [2.75, 3.05) is 12.1 Å². The molecule has 21 heavy (non-hydrogen) atoms. The minimum absolute atomic E-state index is 0.274. The van der Waals surface area contributed by atoms with E-state index in [4.69, 9.17) is 9.47 Å². The Morgan fingerprint density at radius 2 is 1.81 bits per heavy atom. The average molecular weight is 281 g/mol. The Balaban J connectivity index is 1.54. The highest BCUT2D eigenvalue weighted by molar-refractivity contribution is 5.56. The summed E-state index contributed by atoms with van der Waals surface area (Å²) < 4.78 is 10.8. The lowest BCUT2D eigenvalue weighted by Gasteiger charge is -2.17. The number of fused-ring (bicyclic) bond motifs is 2. The van der Waals surface area contributed by atoms with Crippen LogP contribution in [0.25, 0.3) is 0 Å². The zero-order valence-electron chi connectivity index (χ0n) is 12.2. The minimum atomic E-state index is 0.274. The summed E-state index contributed by atoms with van der Waals surface area (Å²) in [7, 11) is 0. The Morgan fingerprint density at radius 3 is 2.76 bits per heavy atom. The van der Waals surface area contributed by atoms with E-state index in [2.05, 4.69) is 30.4 Å². The molecule has 0 radical (unpaired) electrons. The molecule has 2 aromatic carbocycles. The average Bonchev–Trinajstić information content (AvgIpc) is 3.14. The van der Waals surface area contributed by atoms with E-state index in [0.717, 1.165) is 17.2 Å². The standard InChI is InChI=1S/C18H19NO2/c1-12(14-6-5-13-3-2-4-15(13)9-14)19-16-7-8-17-18(10-16)21-11-20-17/h5-10,12,19H,2-4,11H2,1H3. The largest absolute Gasteiger partial charge is 0.454 e. The van der Waals surface area contributed by atoms with Gasteiger partial charge in [0.05, 0.1) is 0 Å². The van der Waals surface area contributed by atoms with Crippen LogP contribution in [-0.4, -0.2) is 6.79 Å². The van der Waals surface area contributed by atoms with Gasteiger partial charge in [-0.2, -0.15) is 0 Å². The first-order valence-corrected chi connectivity index (χ1v) is 7.57. The van der Waals surface area contributed by atoms with Crippen LogP contribution in [-0.2, 0) is 12.8 Å². The molecule has 0 fully saturated rings. The molecule has 1 aliphatic carbocycles. The molecule has 0 saturated heterocycles. The Labute approximate surface area is 124 Å². The van der Waals surface area contributed by atoms with Crippen LogP contribution in [0.4, 0.5) is 5.69 Å². The second kappa shape index (κ2) is 4.99. The van der Waals surface area contributed by atoms with Gasteiger partial charge in [-0.1, -0.05) is 18.2 Å². The van der Waals surface area contributed by atoms with Gasteiger partial charge < -0.3 is 14.8 Å². The molecule has 1 heterocycles. The van der Waals surface area contributed by atoms with Gasteiger partial charge in [0, 0.05) is 17.8 Å². The van der Waals surface area contributed by atoms with E-state index >= 15 is 0 Å². The molecule has 2 aromatic rings. The summed E-state index contributed by atoms with van der Waals surface area (Å²) in [6, 6.07) is 13.2. The van der Waals surface area contributed by atoms with Crippen molar-refractivity contribution in [3.05, 3.63) is 53.1 Å². The highest BCUT2D eigenvalue weighted by atomic mass is 16.7. The fraction of sp³-hybridized carbons (Fsp3) is 0.333. The number of hydrogen-bond acceptors (Lipinski definition) is 3. The van der Waals surface area contributed by atoms with Gasteiger partial charge in [0.15, 0.2) is 11.5 Å². The second-order valence-electron chi connectivity index (χ2n) is 5.82. The number of aryl methyl sites for hydroxylation is 2. The van der Waals surface area contributed by atoms with Crippen LogP contribution in [0.15, 0.2) is 36.4 Å². The van der Waals surface area contributed by atoms with Gasteiger partial charge in [-0.05, 0) is 55.0 Å². The second-order valence-corrected chi connectivity index (χ2v) is 5.82. The molecule has 0 saturated carbocycles. The molecule has 1 aliphatic heterocycles. The molecule has 1 N–H and O–H groups in total. The Hall–Kier alpha value is -2.16. The molecule has 3 heteroatoms. The van der Waals surface area contributed by atoms with E-state index in [1.807, 2.05) is 18.2 Å².